The van der Waals surface area contributed by atoms with Crippen LogP contribution in [-0.4, -0.2) is 51.6 Å². The van der Waals surface area contributed by atoms with E-state index in [1.165, 1.54) is 18.5 Å². The summed E-state index contributed by atoms with van der Waals surface area (Å²) in [6.07, 6.45) is 6.36. The summed E-state index contributed by atoms with van der Waals surface area (Å²) >= 11 is 0. The molecule has 0 bridgehead atoms. The van der Waals surface area contributed by atoms with Gasteiger partial charge in [0.15, 0.2) is 0 Å². The first-order valence-corrected chi connectivity index (χ1v) is 7.88. The number of nitrogens with zero attached hydrogens (tertiary/aromatic N) is 3. The van der Waals surface area contributed by atoms with Crippen molar-refractivity contribution in [2.24, 2.45) is 0 Å². The third-order valence-electron chi connectivity index (χ3n) is 4.44. The van der Waals surface area contributed by atoms with Gasteiger partial charge >= 0.3 is 6.03 Å². The molecule has 1 atom stereocenters. The normalized spacial score (nSPS) is 21.3. The minimum atomic E-state index is -0.192. The molecule has 2 heterocycles. The number of carbonyl (C=O) groups excluding carboxylic acids is 1. The fraction of sp³-hybridized carbons (Fsp3) is 0.733. The van der Waals surface area contributed by atoms with Crippen LogP contribution in [0.2, 0.25) is 0 Å². The van der Waals surface area contributed by atoms with E-state index < -0.39 is 0 Å². The molecule has 1 aliphatic carbocycles. The molecule has 2 N–H and O–H groups in total. The summed E-state index contributed by atoms with van der Waals surface area (Å²) in [5.74, 6) is 0.708. The Morgan fingerprint density at radius 2 is 2.14 bits per heavy atom. The lowest BCUT2D eigenvalue weighted by atomic mass is 10.0. The topological polar surface area (TPSA) is 70.4 Å². The lowest BCUT2D eigenvalue weighted by molar-refractivity contribution is 0.159. The monoisotopic (exact) mass is 292 g/mol. The molecule has 3 rings (SSSR count). The highest BCUT2D eigenvalue weighted by Crippen LogP contribution is 2.41. The van der Waals surface area contributed by atoms with Gasteiger partial charge in [-0.25, -0.2) is 4.79 Å². The van der Waals surface area contributed by atoms with Gasteiger partial charge in [-0.2, -0.15) is 5.10 Å². The Morgan fingerprint density at radius 3 is 2.76 bits per heavy atom. The van der Waals surface area contributed by atoms with Crippen molar-refractivity contribution in [3.63, 3.8) is 0 Å². The summed E-state index contributed by atoms with van der Waals surface area (Å²) < 4.78 is 2.18. The van der Waals surface area contributed by atoms with Crippen molar-refractivity contribution >= 4 is 6.03 Å². The summed E-state index contributed by atoms with van der Waals surface area (Å²) in [7, 11) is 0. The molecule has 2 aliphatic rings. The molecular weight excluding hydrogens is 268 g/mol. The average Bonchev–Trinajstić information content (AvgIpc) is 3.24. The van der Waals surface area contributed by atoms with Crippen molar-refractivity contribution < 1.29 is 9.90 Å². The number of likely N-dealkylation sites (tertiary alicyclic amines) is 1. The maximum atomic E-state index is 12.0. The van der Waals surface area contributed by atoms with Gasteiger partial charge in [0, 0.05) is 30.9 Å². The SMILES string of the molecule is C[C@@H](CO)NC(=O)N1CCC(n2nccc2C2CC2)CC1. The Labute approximate surface area is 125 Å². The zero-order valence-corrected chi connectivity index (χ0v) is 12.5. The lowest BCUT2D eigenvalue weighted by Gasteiger charge is -2.33. The Bertz CT molecular complexity index is 490. The van der Waals surface area contributed by atoms with Gasteiger partial charge in [-0.1, -0.05) is 0 Å². The van der Waals surface area contributed by atoms with Gasteiger partial charge in [-0.3, -0.25) is 4.68 Å². The fourth-order valence-corrected chi connectivity index (χ4v) is 2.99. The van der Waals surface area contributed by atoms with Gasteiger partial charge in [0.05, 0.1) is 18.7 Å². The number of nitrogens with one attached hydrogen (secondary N) is 1. The quantitative estimate of drug-likeness (QED) is 0.883. The van der Waals surface area contributed by atoms with Gasteiger partial charge in [0.25, 0.3) is 0 Å². The van der Waals surface area contributed by atoms with E-state index in [1.807, 2.05) is 11.1 Å². The first-order chi connectivity index (χ1) is 10.2. The third kappa shape index (κ3) is 3.20. The zero-order chi connectivity index (χ0) is 14.8. The number of rotatable bonds is 4. The van der Waals surface area contributed by atoms with Crippen molar-refractivity contribution in [2.75, 3.05) is 19.7 Å². The molecule has 21 heavy (non-hydrogen) atoms. The number of aliphatic hydroxyl groups is 1. The van der Waals surface area contributed by atoms with E-state index in [4.69, 9.17) is 5.11 Å². The van der Waals surface area contributed by atoms with Crippen LogP contribution in [0.15, 0.2) is 12.3 Å². The minimum Gasteiger partial charge on any atom is -0.394 e. The van der Waals surface area contributed by atoms with Gasteiger partial charge in [0.2, 0.25) is 0 Å². The number of amides is 2. The van der Waals surface area contributed by atoms with E-state index in [-0.39, 0.29) is 18.7 Å². The summed E-state index contributed by atoms with van der Waals surface area (Å²) in [6, 6.07) is 2.29. The number of urea groups is 1. The Balaban J connectivity index is 1.55. The number of carbonyl (C=O) groups is 1. The smallest absolute Gasteiger partial charge is 0.317 e. The molecule has 6 nitrogen and oxygen atoms in total. The molecule has 2 amide bonds. The number of aliphatic hydroxyl groups excluding tert-OH is 1. The molecular formula is C15H24N4O2. The van der Waals surface area contributed by atoms with Crippen LogP contribution in [0.1, 0.15) is 50.3 Å². The Kier molecular flexibility index (Phi) is 4.14. The highest BCUT2D eigenvalue weighted by molar-refractivity contribution is 5.74. The summed E-state index contributed by atoms with van der Waals surface area (Å²) in [5.41, 5.74) is 1.37. The van der Waals surface area contributed by atoms with E-state index >= 15 is 0 Å². The maximum absolute atomic E-state index is 12.0. The fourth-order valence-electron chi connectivity index (χ4n) is 2.99. The van der Waals surface area contributed by atoms with Crippen LogP contribution >= 0.6 is 0 Å². The molecule has 2 fully saturated rings. The second kappa shape index (κ2) is 6.05. The number of piperidine rings is 1. The zero-order valence-electron chi connectivity index (χ0n) is 12.5. The summed E-state index contributed by atoms with van der Waals surface area (Å²) in [4.78, 5) is 13.9. The highest BCUT2D eigenvalue weighted by Gasteiger charge is 2.31. The van der Waals surface area contributed by atoms with Gasteiger partial charge in [-0.05, 0) is 38.7 Å². The Morgan fingerprint density at radius 1 is 1.43 bits per heavy atom. The number of hydrogen-bond acceptors (Lipinski definition) is 3. The maximum Gasteiger partial charge on any atom is 0.317 e. The molecule has 0 spiro atoms. The lowest BCUT2D eigenvalue weighted by Crippen LogP contribution is -2.48. The molecule has 1 aromatic heterocycles. The predicted octanol–water partition coefficient (Wildman–Crippen LogP) is 1.49. The van der Waals surface area contributed by atoms with Gasteiger partial charge in [-0.15, -0.1) is 0 Å². The molecule has 6 heteroatoms. The van der Waals surface area contributed by atoms with Crippen LogP contribution in [0.3, 0.4) is 0 Å². The molecule has 0 unspecified atom stereocenters. The van der Waals surface area contributed by atoms with Crippen LogP contribution in [0.4, 0.5) is 4.79 Å². The average molecular weight is 292 g/mol. The van der Waals surface area contributed by atoms with E-state index in [1.54, 1.807) is 6.92 Å². The second-order valence-corrected chi connectivity index (χ2v) is 6.23. The molecule has 0 aromatic carbocycles. The van der Waals surface area contributed by atoms with Crippen molar-refractivity contribution in [1.29, 1.82) is 0 Å². The minimum absolute atomic E-state index is 0.0275. The number of hydrogen-bond donors (Lipinski definition) is 2. The van der Waals surface area contributed by atoms with Crippen LogP contribution in [0.5, 0.6) is 0 Å². The molecule has 1 saturated heterocycles. The van der Waals surface area contributed by atoms with Crippen LogP contribution < -0.4 is 5.32 Å². The van der Waals surface area contributed by atoms with E-state index in [0.29, 0.717) is 12.0 Å². The first kappa shape index (κ1) is 14.4. The largest absolute Gasteiger partial charge is 0.394 e. The van der Waals surface area contributed by atoms with Crippen molar-refractivity contribution in [3.8, 4) is 0 Å². The summed E-state index contributed by atoms with van der Waals surface area (Å²) in [6.45, 7) is 3.27. The molecule has 1 aromatic rings. The van der Waals surface area contributed by atoms with Crippen molar-refractivity contribution in [1.82, 2.24) is 20.0 Å². The highest BCUT2D eigenvalue weighted by atomic mass is 16.3. The van der Waals surface area contributed by atoms with Crippen molar-refractivity contribution in [2.45, 2.75) is 50.6 Å². The summed E-state index contributed by atoms with van der Waals surface area (Å²) in [5, 5.41) is 16.3. The first-order valence-electron chi connectivity index (χ1n) is 7.88. The van der Waals surface area contributed by atoms with Gasteiger partial charge in [0.1, 0.15) is 0 Å². The van der Waals surface area contributed by atoms with E-state index in [9.17, 15) is 4.79 Å². The molecule has 1 saturated carbocycles. The van der Waals surface area contributed by atoms with Crippen LogP contribution in [0.25, 0.3) is 0 Å². The number of aromatic nitrogens is 2. The molecule has 116 valence electrons. The predicted molar refractivity (Wildman–Crippen MR) is 79.1 cm³/mol. The Hall–Kier alpha value is -1.56. The standard InChI is InChI=1S/C15H24N4O2/c1-11(10-20)17-15(21)18-8-5-13(6-9-18)19-14(4-7-16-19)12-2-3-12/h4,7,11-13,20H,2-3,5-6,8-10H2,1H3,(H,17,21)/t11-/m0/s1. The van der Waals surface area contributed by atoms with E-state index in [0.717, 1.165) is 25.9 Å². The van der Waals surface area contributed by atoms with Crippen molar-refractivity contribution in [3.05, 3.63) is 18.0 Å². The van der Waals surface area contributed by atoms with Gasteiger partial charge < -0.3 is 15.3 Å². The van der Waals surface area contributed by atoms with E-state index in [2.05, 4.69) is 21.2 Å². The second-order valence-electron chi connectivity index (χ2n) is 6.23. The van der Waals surface area contributed by atoms with Crippen LogP contribution in [0, 0.1) is 0 Å². The molecule has 0 radical (unpaired) electrons. The molecule has 1 aliphatic heterocycles. The third-order valence-corrected chi connectivity index (χ3v) is 4.44. The van der Waals surface area contributed by atoms with Crippen LogP contribution in [-0.2, 0) is 0 Å².